The van der Waals surface area contributed by atoms with Gasteiger partial charge in [0.25, 0.3) is 0 Å². The van der Waals surface area contributed by atoms with E-state index in [1.807, 2.05) is 6.07 Å². The highest BCUT2D eigenvalue weighted by Crippen LogP contribution is 2.27. The van der Waals surface area contributed by atoms with Crippen molar-refractivity contribution >= 4 is 11.8 Å². The van der Waals surface area contributed by atoms with E-state index in [0.29, 0.717) is 6.04 Å². The van der Waals surface area contributed by atoms with E-state index in [2.05, 4.69) is 42.2 Å². The van der Waals surface area contributed by atoms with Crippen molar-refractivity contribution in [3.63, 3.8) is 0 Å². The molecule has 0 saturated carbocycles. The first kappa shape index (κ1) is 16.7. The molecule has 0 radical (unpaired) electrons. The van der Waals surface area contributed by atoms with Crippen LogP contribution in [0, 0.1) is 5.92 Å². The number of hydrogen-bond donors (Lipinski definition) is 1. The highest BCUT2D eigenvalue weighted by molar-refractivity contribution is 7.99. The fraction of sp³-hybridized carbons (Fsp3) is 0.667. The first-order chi connectivity index (χ1) is 10.3. The molecule has 21 heavy (non-hydrogen) atoms. The fourth-order valence-electron chi connectivity index (χ4n) is 3.06. The molecule has 0 spiro atoms. The van der Waals surface area contributed by atoms with Crippen molar-refractivity contribution in [3.05, 3.63) is 29.8 Å². The summed E-state index contributed by atoms with van der Waals surface area (Å²) < 4.78 is 5.34. The minimum atomic E-state index is 0.602. The zero-order valence-electron chi connectivity index (χ0n) is 13.4. The van der Waals surface area contributed by atoms with Crippen LogP contribution in [0.1, 0.15) is 38.2 Å². The van der Waals surface area contributed by atoms with Crippen LogP contribution in [0.15, 0.2) is 24.3 Å². The van der Waals surface area contributed by atoms with Crippen LogP contribution in [0.3, 0.4) is 0 Å². The van der Waals surface area contributed by atoms with Crippen LogP contribution < -0.4 is 10.1 Å². The zero-order valence-corrected chi connectivity index (χ0v) is 14.3. The van der Waals surface area contributed by atoms with Crippen molar-refractivity contribution in [2.24, 2.45) is 5.92 Å². The number of hydrogen-bond acceptors (Lipinski definition) is 3. The van der Waals surface area contributed by atoms with Gasteiger partial charge in [0, 0.05) is 6.04 Å². The van der Waals surface area contributed by atoms with Gasteiger partial charge in [-0.1, -0.05) is 19.1 Å². The number of methoxy groups -OCH3 is 1. The van der Waals surface area contributed by atoms with Crippen LogP contribution in [0.25, 0.3) is 0 Å². The molecule has 1 aliphatic heterocycles. The molecule has 1 atom stereocenters. The summed E-state index contributed by atoms with van der Waals surface area (Å²) in [5.74, 6) is 4.58. The van der Waals surface area contributed by atoms with E-state index in [0.717, 1.165) is 24.6 Å². The Morgan fingerprint density at radius 3 is 2.86 bits per heavy atom. The Balaban J connectivity index is 1.93. The van der Waals surface area contributed by atoms with Gasteiger partial charge in [0.15, 0.2) is 0 Å². The van der Waals surface area contributed by atoms with E-state index in [1.165, 1.54) is 42.8 Å². The van der Waals surface area contributed by atoms with E-state index in [1.54, 1.807) is 7.11 Å². The summed E-state index contributed by atoms with van der Waals surface area (Å²) in [5, 5.41) is 3.76. The van der Waals surface area contributed by atoms with E-state index in [-0.39, 0.29) is 0 Å². The van der Waals surface area contributed by atoms with Crippen molar-refractivity contribution < 1.29 is 4.74 Å². The van der Waals surface area contributed by atoms with Crippen molar-refractivity contribution in [1.82, 2.24) is 5.32 Å². The fourth-order valence-corrected chi connectivity index (χ4v) is 4.26. The maximum absolute atomic E-state index is 5.34. The molecule has 2 nitrogen and oxygen atoms in total. The van der Waals surface area contributed by atoms with Gasteiger partial charge in [0.05, 0.1) is 7.11 Å². The molecule has 0 aromatic heterocycles. The van der Waals surface area contributed by atoms with Crippen LogP contribution in [0.4, 0.5) is 0 Å². The predicted molar refractivity (Wildman–Crippen MR) is 93.4 cm³/mol. The summed E-state index contributed by atoms with van der Waals surface area (Å²) in [5.41, 5.74) is 1.38. The SMILES string of the molecule is CCCNC(Cc1cccc(OC)c1)CC1CCSCC1. The first-order valence-corrected chi connectivity index (χ1v) is 9.41. The van der Waals surface area contributed by atoms with E-state index < -0.39 is 0 Å². The van der Waals surface area contributed by atoms with Gasteiger partial charge in [-0.25, -0.2) is 0 Å². The van der Waals surface area contributed by atoms with Crippen LogP contribution >= 0.6 is 11.8 Å². The van der Waals surface area contributed by atoms with Crippen LogP contribution in [-0.2, 0) is 6.42 Å². The Morgan fingerprint density at radius 2 is 2.14 bits per heavy atom. The van der Waals surface area contributed by atoms with Gasteiger partial charge in [-0.2, -0.15) is 11.8 Å². The molecule has 1 aromatic carbocycles. The molecule has 0 bridgehead atoms. The van der Waals surface area contributed by atoms with Gasteiger partial charge in [0.2, 0.25) is 0 Å². The standard InChI is InChI=1S/C18H29NOS/c1-3-9-19-17(12-15-7-10-21-11-8-15)13-16-5-4-6-18(14-16)20-2/h4-6,14-15,17,19H,3,7-13H2,1-2H3. The van der Waals surface area contributed by atoms with E-state index >= 15 is 0 Å². The molecule has 2 rings (SSSR count). The van der Waals surface area contributed by atoms with Crippen molar-refractivity contribution in [2.75, 3.05) is 25.2 Å². The second kappa shape index (κ2) is 9.37. The smallest absolute Gasteiger partial charge is 0.119 e. The third kappa shape index (κ3) is 5.91. The molecule has 1 fully saturated rings. The summed E-state index contributed by atoms with van der Waals surface area (Å²) in [4.78, 5) is 0. The Hall–Kier alpha value is -0.670. The molecule has 0 amide bonds. The van der Waals surface area contributed by atoms with Crippen LogP contribution in [-0.4, -0.2) is 31.2 Å². The van der Waals surface area contributed by atoms with Crippen LogP contribution in [0.5, 0.6) is 5.75 Å². The highest BCUT2D eigenvalue weighted by Gasteiger charge is 2.19. The zero-order chi connectivity index (χ0) is 14.9. The van der Waals surface area contributed by atoms with Gasteiger partial charge < -0.3 is 10.1 Å². The van der Waals surface area contributed by atoms with Gasteiger partial charge in [-0.05, 0) is 73.8 Å². The van der Waals surface area contributed by atoms with Crippen LogP contribution in [0.2, 0.25) is 0 Å². The normalized spacial score (nSPS) is 17.6. The molecule has 1 aromatic rings. The highest BCUT2D eigenvalue weighted by atomic mass is 32.2. The molecule has 1 saturated heterocycles. The average Bonchev–Trinajstić information content (AvgIpc) is 2.54. The van der Waals surface area contributed by atoms with Gasteiger partial charge >= 0.3 is 0 Å². The molecule has 1 unspecified atom stereocenters. The number of rotatable bonds is 8. The first-order valence-electron chi connectivity index (χ1n) is 8.26. The molecule has 1 N–H and O–H groups in total. The van der Waals surface area contributed by atoms with Crippen molar-refractivity contribution in [2.45, 2.75) is 45.1 Å². The maximum atomic E-state index is 5.34. The Labute approximate surface area is 134 Å². The topological polar surface area (TPSA) is 21.3 Å². The Morgan fingerprint density at radius 1 is 1.33 bits per heavy atom. The molecule has 0 aliphatic carbocycles. The number of benzene rings is 1. The number of nitrogens with one attached hydrogen (secondary N) is 1. The lowest BCUT2D eigenvalue weighted by atomic mass is 9.91. The lowest BCUT2D eigenvalue weighted by molar-refractivity contribution is 0.361. The average molecular weight is 308 g/mol. The minimum absolute atomic E-state index is 0.602. The number of ether oxygens (including phenoxy) is 1. The summed E-state index contributed by atoms with van der Waals surface area (Å²) in [6.07, 6.45) is 6.42. The summed E-state index contributed by atoms with van der Waals surface area (Å²) in [7, 11) is 1.74. The largest absolute Gasteiger partial charge is 0.497 e. The molecule has 1 heterocycles. The van der Waals surface area contributed by atoms with E-state index in [9.17, 15) is 0 Å². The minimum Gasteiger partial charge on any atom is -0.497 e. The van der Waals surface area contributed by atoms with E-state index in [4.69, 9.17) is 4.74 Å². The molecule has 3 heteroatoms. The lowest BCUT2D eigenvalue weighted by Gasteiger charge is -2.27. The monoisotopic (exact) mass is 307 g/mol. The third-order valence-electron chi connectivity index (χ3n) is 4.26. The Kier molecular flexibility index (Phi) is 7.45. The van der Waals surface area contributed by atoms with Crippen molar-refractivity contribution in [1.29, 1.82) is 0 Å². The molecular formula is C18H29NOS. The van der Waals surface area contributed by atoms with Gasteiger partial charge in [0.1, 0.15) is 5.75 Å². The quantitative estimate of drug-likeness (QED) is 0.780. The summed E-state index contributed by atoms with van der Waals surface area (Å²) in [6.45, 7) is 3.36. The molecule has 118 valence electrons. The Bertz CT molecular complexity index is 404. The second-order valence-corrected chi connectivity index (χ2v) is 7.22. The summed E-state index contributed by atoms with van der Waals surface area (Å²) in [6, 6.07) is 9.13. The number of thioether (sulfide) groups is 1. The maximum Gasteiger partial charge on any atom is 0.119 e. The van der Waals surface area contributed by atoms with Crippen molar-refractivity contribution in [3.8, 4) is 5.75 Å². The van der Waals surface area contributed by atoms with Gasteiger partial charge in [-0.15, -0.1) is 0 Å². The molecular weight excluding hydrogens is 278 g/mol. The lowest BCUT2D eigenvalue weighted by Crippen LogP contribution is -2.34. The third-order valence-corrected chi connectivity index (χ3v) is 5.31. The second-order valence-electron chi connectivity index (χ2n) is 6.00. The summed E-state index contributed by atoms with van der Waals surface area (Å²) >= 11 is 2.12. The predicted octanol–water partition coefficient (Wildman–Crippen LogP) is 4.14. The molecule has 1 aliphatic rings. The van der Waals surface area contributed by atoms with Gasteiger partial charge in [-0.3, -0.25) is 0 Å².